The standard InChI is InChI=1S/C31H39FN7O6PS/c1-17(26(40)42-15-29(2,3)4)37-46(47,44-20-14-10-12-18-11-8-9-13-19(18)20)45-23-22-31(23,41)30(5,32)27(43-22)39-16-34-21-24(38(6)7)35-28(33)36-25(21)39/h8-14,16-17,22-23,27,41H,15H2,1-7H3,(H,37,47)(H2,33,35,36)/t17-,22-,23?,27-,30+,31+,46?/m1/s1. The van der Waals surface area contributed by atoms with Crippen molar-refractivity contribution in [1.82, 2.24) is 24.6 Å². The topological polar surface area (TPSA) is 159 Å². The van der Waals surface area contributed by atoms with Crippen molar-refractivity contribution in [1.29, 1.82) is 0 Å². The summed E-state index contributed by atoms with van der Waals surface area (Å²) >= 11 is 5.95. The second-order valence-corrected chi connectivity index (χ2v) is 16.6. The van der Waals surface area contributed by atoms with Gasteiger partial charge in [-0.3, -0.25) is 13.9 Å². The Labute approximate surface area is 276 Å². The molecule has 2 aromatic carbocycles. The van der Waals surface area contributed by atoms with Crippen LogP contribution in [-0.2, 0) is 30.6 Å². The van der Waals surface area contributed by atoms with Crippen LogP contribution in [0.2, 0.25) is 0 Å². The molecule has 4 N–H and O–H groups in total. The minimum atomic E-state index is -3.70. The number of imidazole rings is 1. The van der Waals surface area contributed by atoms with Crippen LogP contribution in [0.1, 0.15) is 40.8 Å². The van der Waals surface area contributed by atoms with Crippen LogP contribution >= 0.6 is 6.64 Å². The highest BCUT2D eigenvalue weighted by Gasteiger charge is 2.85. The summed E-state index contributed by atoms with van der Waals surface area (Å²) in [6, 6.07) is 12.0. The van der Waals surface area contributed by atoms with Gasteiger partial charge in [-0.2, -0.15) is 9.97 Å². The molecule has 6 rings (SSSR count). The van der Waals surface area contributed by atoms with Crippen LogP contribution in [0.5, 0.6) is 5.75 Å². The Morgan fingerprint density at radius 1 is 1.26 bits per heavy atom. The number of halogens is 1. The van der Waals surface area contributed by atoms with E-state index in [1.54, 1.807) is 38.1 Å². The van der Waals surface area contributed by atoms with E-state index in [4.69, 9.17) is 36.1 Å². The molecule has 1 aliphatic carbocycles. The van der Waals surface area contributed by atoms with Crippen LogP contribution in [-0.4, -0.2) is 80.8 Å². The Kier molecular flexibility index (Phi) is 8.26. The van der Waals surface area contributed by atoms with Crippen LogP contribution < -0.4 is 20.2 Å². The number of nitrogens with one attached hydrogen (secondary N) is 1. The van der Waals surface area contributed by atoms with E-state index in [0.29, 0.717) is 17.1 Å². The number of ether oxygens (including phenoxy) is 2. The van der Waals surface area contributed by atoms with Gasteiger partial charge < -0.3 is 29.7 Å². The number of nitrogens with zero attached hydrogens (tertiary/aromatic N) is 5. The number of anilines is 2. The van der Waals surface area contributed by atoms with Crippen molar-refractivity contribution in [2.75, 3.05) is 31.3 Å². The zero-order valence-electron chi connectivity index (χ0n) is 27.2. The highest BCUT2D eigenvalue weighted by molar-refractivity contribution is 8.09. The Hall–Kier alpha value is -3.46. The summed E-state index contributed by atoms with van der Waals surface area (Å²) in [6.07, 6.45) is -2.32. The van der Waals surface area contributed by atoms with Gasteiger partial charge in [0, 0.05) is 19.5 Å². The molecule has 2 fully saturated rings. The van der Waals surface area contributed by atoms with Gasteiger partial charge in [-0.1, -0.05) is 57.2 Å². The summed E-state index contributed by atoms with van der Waals surface area (Å²) in [5.74, 6) is 0.250. The third kappa shape index (κ3) is 5.93. The van der Waals surface area contributed by atoms with Crippen molar-refractivity contribution in [2.24, 2.45) is 5.41 Å². The second-order valence-electron chi connectivity index (χ2n) is 13.5. The fraction of sp³-hybridized carbons (Fsp3) is 0.484. The van der Waals surface area contributed by atoms with E-state index in [1.165, 1.54) is 17.8 Å². The van der Waals surface area contributed by atoms with Gasteiger partial charge in [-0.15, -0.1) is 0 Å². The zero-order chi connectivity index (χ0) is 34.1. The number of nitrogen functional groups attached to an aromatic ring is 1. The number of hydrogen-bond donors (Lipinski definition) is 3. The molecule has 0 radical (unpaired) electrons. The highest BCUT2D eigenvalue weighted by Crippen LogP contribution is 2.66. The van der Waals surface area contributed by atoms with Gasteiger partial charge in [-0.25, -0.2) is 14.5 Å². The minimum Gasteiger partial charge on any atom is -0.464 e. The molecule has 16 heteroatoms. The quantitative estimate of drug-likeness (QED) is 0.161. The smallest absolute Gasteiger partial charge is 0.323 e. The number of rotatable bonds is 10. The van der Waals surface area contributed by atoms with Crippen LogP contribution in [0, 0.1) is 5.41 Å². The zero-order valence-corrected chi connectivity index (χ0v) is 28.9. The number of benzene rings is 2. The van der Waals surface area contributed by atoms with Gasteiger partial charge in [0.05, 0.1) is 12.9 Å². The largest absolute Gasteiger partial charge is 0.464 e. The van der Waals surface area contributed by atoms with Crippen molar-refractivity contribution in [3.63, 3.8) is 0 Å². The van der Waals surface area contributed by atoms with Crippen molar-refractivity contribution in [2.45, 2.75) is 70.4 Å². The molecule has 3 heterocycles. The number of carbonyl (C=O) groups is 1. The van der Waals surface area contributed by atoms with Gasteiger partial charge in [-0.05, 0) is 42.5 Å². The Morgan fingerprint density at radius 3 is 2.62 bits per heavy atom. The Balaban J connectivity index is 1.29. The molecule has 0 amide bonds. The molecule has 47 heavy (non-hydrogen) atoms. The number of hydrogen-bond acceptors (Lipinski definition) is 12. The number of esters is 1. The molecule has 1 aliphatic heterocycles. The van der Waals surface area contributed by atoms with Crippen LogP contribution in [0.4, 0.5) is 16.2 Å². The molecule has 4 aromatic rings. The van der Waals surface area contributed by atoms with Crippen molar-refractivity contribution in [3.05, 3.63) is 48.8 Å². The normalized spacial score (nSPS) is 27.3. The van der Waals surface area contributed by atoms with E-state index in [9.17, 15) is 9.90 Å². The SMILES string of the molecule is C[C@@H](NP(=S)(Oc1cccc2ccccc12)OC1[C@H]2O[C@@H](n3cnc4c(N(C)C)nc(N)nc43)[C@](C)(F)[C@@]12O)C(=O)OCC(C)(C)C. The van der Waals surface area contributed by atoms with E-state index < -0.39 is 48.4 Å². The first-order valence-electron chi connectivity index (χ1n) is 15.1. The number of carbonyl (C=O) groups excluding carboxylic acids is 1. The fourth-order valence-corrected chi connectivity index (χ4v) is 8.43. The second kappa shape index (κ2) is 11.6. The average molecular weight is 688 g/mol. The lowest BCUT2D eigenvalue weighted by Crippen LogP contribution is -2.45. The van der Waals surface area contributed by atoms with Crippen LogP contribution in [0.25, 0.3) is 21.9 Å². The summed E-state index contributed by atoms with van der Waals surface area (Å²) in [7, 11) is 3.55. The van der Waals surface area contributed by atoms with Crippen molar-refractivity contribution in [3.8, 4) is 5.75 Å². The number of aromatic nitrogens is 4. The molecule has 2 aromatic heterocycles. The fourth-order valence-electron chi connectivity index (χ4n) is 5.71. The molecule has 13 nitrogen and oxygen atoms in total. The van der Waals surface area contributed by atoms with Gasteiger partial charge in [0.1, 0.15) is 24.0 Å². The molecule has 1 saturated carbocycles. The predicted molar refractivity (Wildman–Crippen MR) is 179 cm³/mol. The monoisotopic (exact) mass is 687 g/mol. The van der Waals surface area contributed by atoms with Gasteiger partial charge >= 0.3 is 12.6 Å². The lowest BCUT2D eigenvalue weighted by atomic mass is 9.97. The summed E-state index contributed by atoms with van der Waals surface area (Å²) < 4.78 is 42.5. The van der Waals surface area contributed by atoms with Crippen LogP contribution in [0.15, 0.2) is 48.8 Å². The van der Waals surface area contributed by atoms with E-state index in [-0.39, 0.29) is 23.6 Å². The van der Waals surface area contributed by atoms with E-state index >= 15 is 4.39 Å². The van der Waals surface area contributed by atoms with E-state index in [2.05, 4.69) is 20.0 Å². The summed E-state index contributed by atoms with van der Waals surface area (Å²) in [4.78, 5) is 27.6. The van der Waals surface area contributed by atoms with Gasteiger partial charge in [0.2, 0.25) is 5.95 Å². The third-order valence-electron chi connectivity index (χ3n) is 8.23. The number of aliphatic hydroxyl groups is 1. The molecule has 0 bridgehead atoms. The molecule has 7 atom stereocenters. The van der Waals surface area contributed by atoms with E-state index in [1.807, 2.05) is 51.1 Å². The summed E-state index contributed by atoms with van der Waals surface area (Å²) in [6.45, 7) is 5.12. The first-order chi connectivity index (χ1) is 21.9. The average Bonchev–Trinajstić information content (AvgIpc) is 3.24. The molecule has 1 saturated heterocycles. The molecular formula is C31H39FN7O6PS. The predicted octanol–water partition coefficient (Wildman–Crippen LogP) is 4.25. The van der Waals surface area contributed by atoms with Crippen molar-refractivity contribution < 1.29 is 32.8 Å². The van der Waals surface area contributed by atoms with Gasteiger partial charge in [0.25, 0.3) is 0 Å². The Morgan fingerprint density at radius 2 is 1.96 bits per heavy atom. The lowest BCUT2D eigenvalue weighted by molar-refractivity contribution is -0.148. The molecular weight excluding hydrogens is 648 g/mol. The summed E-state index contributed by atoms with van der Waals surface area (Å²) in [5, 5.41) is 16.4. The number of nitrogens with two attached hydrogens (primary N) is 1. The highest BCUT2D eigenvalue weighted by atomic mass is 32.5. The van der Waals surface area contributed by atoms with Crippen molar-refractivity contribution >= 4 is 58.1 Å². The number of alkyl halides is 1. The van der Waals surface area contributed by atoms with Crippen LogP contribution in [0.3, 0.4) is 0 Å². The first kappa shape index (κ1) is 33.4. The molecule has 2 unspecified atom stereocenters. The first-order valence-corrected chi connectivity index (χ1v) is 17.7. The molecule has 2 aliphatic rings. The van der Waals surface area contributed by atoms with Gasteiger partial charge in [0.15, 0.2) is 34.5 Å². The van der Waals surface area contributed by atoms with E-state index in [0.717, 1.165) is 10.8 Å². The third-order valence-corrected chi connectivity index (χ3v) is 10.7. The molecule has 252 valence electrons. The minimum absolute atomic E-state index is 0.0286. The summed E-state index contributed by atoms with van der Waals surface area (Å²) in [5.41, 5.74) is 1.79. The molecule has 0 spiro atoms. The number of fused-ring (bicyclic) bond motifs is 3. The maximum Gasteiger partial charge on any atom is 0.323 e. The maximum absolute atomic E-state index is 16.9. The maximum atomic E-state index is 16.9. The Bertz CT molecular complexity index is 1900. The lowest BCUT2D eigenvalue weighted by Gasteiger charge is -2.33.